The number of hydrogen-bond donors (Lipinski definition) is 1. The molecule has 1 aliphatic rings. The Kier molecular flexibility index (Phi) is 4.10. The second-order valence-electron chi connectivity index (χ2n) is 6.51. The van der Waals surface area contributed by atoms with E-state index in [1.165, 1.54) is 11.1 Å². The van der Waals surface area contributed by atoms with Crippen LogP contribution in [0.5, 0.6) is 0 Å². The first-order valence-electron chi connectivity index (χ1n) is 8.73. The Labute approximate surface area is 147 Å². The first-order chi connectivity index (χ1) is 12.2. The minimum absolute atomic E-state index is 0.0543. The zero-order valence-corrected chi connectivity index (χ0v) is 14.3. The number of fused-ring (bicyclic) bond motifs is 1. The molecule has 25 heavy (non-hydrogen) atoms. The Balaban J connectivity index is 1.58. The standard InChI is InChI=1S/C21H21N3O/c1-15-19(14-22-24(15)17-10-3-2-4-11-17)21(25)23-20-13-7-9-16-8-5-6-12-18(16)20/h2-6,8,10-12,14,20H,7,9,13H2,1H3,(H,23,25)/t20-/m0/s1. The largest absolute Gasteiger partial charge is 0.345 e. The molecule has 1 N–H and O–H groups in total. The van der Waals surface area contributed by atoms with Crippen molar-refractivity contribution < 1.29 is 4.79 Å². The Morgan fingerprint density at radius 1 is 1.12 bits per heavy atom. The van der Waals surface area contributed by atoms with Gasteiger partial charge in [0.1, 0.15) is 0 Å². The SMILES string of the molecule is Cc1c(C(=O)N[C@H]2CCCc3ccccc32)cnn1-c1ccccc1. The molecule has 0 bridgehead atoms. The predicted molar refractivity (Wildman–Crippen MR) is 97.9 cm³/mol. The minimum atomic E-state index is -0.0543. The fraction of sp³-hybridized carbons (Fsp3) is 0.238. The van der Waals surface area contributed by atoms with Crippen LogP contribution in [0.3, 0.4) is 0 Å². The van der Waals surface area contributed by atoms with Gasteiger partial charge in [0.15, 0.2) is 0 Å². The molecule has 0 radical (unpaired) electrons. The van der Waals surface area contributed by atoms with Crippen molar-refractivity contribution in [1.29, 1.82) is 0 Å². The van der Waals surface area contributed by atoms with Crippen LogP contribution in [0.2, 0.25) is 0 Å². The molecule has 0 saturated carbocycles. The van der Waals surface area contributed by atoms with Gasteiger partial charge in [-0.05, 0) is 49.4 Å². The number of rotatable bonds is 3. The maximum absolute atomic E-state index is 12.8. The summed E-state index contributed by atoms with van der Waals surface area (Å²) in [4.78, 5) is 12.8. The third-order valence-electron chi connectivity index (χ3n) is 4.93. The third kappa shape index (κ3) is 2.95. The minimum Gasteiger partial charge on any atom is -0.345 e. The maximum Gasteiger partial charge on any atom is 0.255 e. The molecule has 4 heteroatoms. The second-order valence-corrected chi connectivity index (χ2v) is 6.51. The van der Waals surface area contributed by atoms with E-state index in [1.807, 2.05) is 48.0 Å². The summed E-state index contributed by atoms with van der Waals surface area (Å²) in [7, 11) is 0. The van der Waals surface area contributed by atoms with Crippen molar-refractivity contribution in [2.75, 3.05) is 0 Å². The zero-order valence-electron chi connectivity index (χ0n) is 14.3. The number of amides is 1. The van der Waals surface area contributed by atoms with Crippen molar-refractivity contribution in [2.45, 2.75) is 32.2 Å². The van der Waals surface area contributed by atoms with E-state index in [4.69, 9.17) is 0 Å². The highest BCUT2D eigenvalue weighted by Crippen LogP contribution is 2.29. The van der Waals surface area contributed by atoms with E-state index in [1.54, 1.807) is 6.20 Å². The van der Waals surface area contributed by atoms with Gasteiger partial charge in [-0.25, -0.2) is 4.68 Å². The van der Waals surface area contributed by atoms with Crippen LogP contribution >= 0.6 is 0 Å². The van der Waals surface area contributed by atoms with Gasteiger partial charge in [0.25, 0.3) is 5.91 Å². The Bertz CT molecular complexity index is 899. The molecule has 0 fully saturated rings. The molecule has 2 aromatic carbocycles. The molecule has 0 aliphatic heterocycles. The number of carbonyl (C=O) groups excluding carboxylic acids is 1. The van der Waals surface area contributed by atoms with Crippen LogP contribution in [0, 0.1) is 6.92 Å². The van der Waals surface area contributed by atoms with Crippen LogP contribution in [0.15, 0.2) is 60.8 Å². The number of carbonyl (C=O) groups is 1. The van der Waals surface area contributed by atoms with Gasteiger partial charge in [-0.1, -0.05) is 42.5 Å². The lowest BCUT2D eigenvalue weighted by atomic mass is 9.87. The molecular weight excluding hydrogens is 310 g/mol. The van der Waals surface area contributed by atoms with Crippen molar-refractivity contribution >= 4 is 5.91 Å². The molecule has 1 heterocycles. The summed E-state index contributed by atoms with van der Waals surface area (Å²) in [5.41, 5.74) is 5.03. The van der Waals surface area contributed by atoms with Crippen molar-refractivity contribution in [3.63, 3.8) is 0 Å². The average molecular weight is 331 g/mol. The van der Waals surface area contributed by atoms with Crippen molar-refractivity contribution in [3.8, 4) is 5.69 Å². The fourth-order valence-electron chi connectivity index (χ4n) is 3.60. The monoisotopic (exact) mass is 331 g/mol. The van der Waals surface area contributed by atoms with Gasteiger partial charge in [-0.3, -0.25) is 4.79 Å². The lowest BCUT2D eigenvalue weighted by Gasteiger charge is -2.26. The molecule has 126 valence electrons. The number of nitrogens with one attached hydrogen (secondary N) is 1. The molecule has 0 unspecified atom stereocenters. The molecule has 0 saturated heterocycles. The van der Waals surface area contributed by atoms with Gasteiger partial charge in [0.2, 0.25) is 0 Å². The highest BCUT2D eigenvalue weighted by atomic mass is 16.1. The van der Waals surface area contributed by atoms with Gasteiger partial charge >= 0.3 is 0 Å². The molecule has 1 aromatic heterocycles. The lowest BCUT2D eigenvalue weighted by molar-refractivity contribution is 0.0932. The van der Waals surface area contributed by atoms with Crippen molar-refractivity contribution in [1.82, 2.24) is 15.1 Å². The van der Waals surface area contributed by atoms with E-state index >= 15 is 0 Å². The number of aromatic nitrogens is 2. The number of aryl methyl sites for hydroxylation is 1. The van der Waals surface area contributed by atoms with Crippen LogP contribution in [0.4, 0.5) is 0 Å². The topological polar surface area (TPSA) is 46.9 Å². The summed E-state index contributed by atoms with van der Waals surface area (Å²) < 4.78 is 1.81. The maximum atomic E-state index is 12.8. The highest BCUT2D eigenvalue weighted by Gasteiger charge is 2.23. The van der Waals surface area contributed by atoms with Gasteiger partial charge < -0.3 is 5.32 Å². The van der Waals surface area contributed by atoms with Crippen molar-refractivity contribution in [3.05, 3.63) is 83.2 Å². The number of nitrogens with zero attached hydrogens (tertiary/aromatic N) is 2. The summed E-state index contributed by atoms with van der Waals surface area (Å²) >= 11 is 0. The average Bonchev–Trinajstić information content (AvgIpc) is 3.04. The quantitative estimate of drug-likeness (QED) is 0.789. The normalized spacial score (nSPS) is 16.3. The zero-order chi connectivity index (χ0) is 17.2. The molecule has 1 atom stereocenters. The summed E-state index contributed by atoms with van der Waals surface area (Å²) in [6.45, 7) is 1.93. The van der Waals surface area contributed by atoms with Gasteiger partial charge in [0, 0.05) is 0 Å². The van der Waals surface area contributed by atoms with E-state index < -0.39 is 0 Å². The third-order valence-corrected chi connectivity index (χ3v) is 4.93. The second kappa shape index (κ2) is 6.55. The summed E-state index contributed by atoms with van der Waals surface area (Å²) in [6, 6.07) is 18.3. The summed E-state index contributed by atoms with van der Waals surface area (Å²) in [6.07, 6.45) is 4.83. The number of para-hydroxylation sites is 1. The van der Waals surface area contributed by atoms with Gasteiger partial charge in [0.05, 0.1) is 29.2 Å². The first-order valence-corrected chi connectivity index (χ1v) is 8.73. The molecule has 1 amide bonds. The summed E-state index contributed by atoms with van der Waals surface area (Å²) in [5, 5.41) is 7.60. The van der Waals surface area contributed by atoms with Gasteiger partial charge in [-0.2, -0.15) is 5.10 Å². The van der Waals surface area contributed by atoms with Crippen LogP contribution in [-0.4, -0.2) is 15.7 Å². The lowest BCUT2D eigenvalue weighted by Crippen LogP contribution is -2.31. The Hall–Kier alpha value is -2.88. The molecule has 3 aromatic rings. The summed E-state index contributed by atoms with van der Waals surface area (Å²) in [5.74, 6) is -0.0543. The predicted octanol–water partition coefficient (Wildman–Crippen LogP) is 3.99. The van der Waals surface area contributed by atoms with E-state index in [0.717, 1.165) is 30.6 Å². The molecule has 0 spiro atoms. The van der Waals surface area contributed by atoms with Crippen LogP contribution in [-0.2, 0) is 6.42 Å². The molecule has 4 rings (SSSR count). The molecule has 1 aliphatic carbocycles. The Morgan fingerprint density at radius 2 is 1.88 bits per heavy atom. The number of benzene rings is 2. The smallest absolute Gasteiger partial charge is 0.255 e. The van der Waals surface area contributed by atoms with E-state index in [0.29, 0.717) is 5.56 Å². The first kappa shape index (κ1) is 15.6. The fourth-order valence-corrected chi connectivity index (χ4v) is 3.60. The van der Waals surface area contributed by atoms with E-state index in [2.05, 4.69) is 28.6 Å². The van der Waals surface area contributed by atoms with Crippen LogP contribution < -0.4 is 5.32 Å². The van der Waals surface area contributed by atoms with E-state index in [-0.39, 0.29) is 11.9 Å². The van der Waals surface area contributed by atoms with E-state index in [9.17, 15) is 4.79 Å². The van der Waals surface area contributed by atoms with Crippen LogP contribution in [0.25, 0.3) is 5.69 Å². The molecule has 4 nitrogen and oxygen atoms in total. The van der Waals surface area contributed by atoms with Gasteiger partial charge in [-0.15, -0.1) is 0 Å². The van der Waals surface area contributed by atoms with Crippen LogP contribution in [0.1, 0.15) is 46.1 Å². The van der Waals surface area contributed by atoms with Crippen molar-refractivity contribution in [2.24, 2.45) is 0 Å². The Morgan fingerprint density at radius 3 is 2.72 bits per heavy atom. The highest BCUT2D eigenvalue weighted by molar-refractivity contribution is 5.95. The number of hydrogen-bond acceptors (Lipinski definition) is 2. The molecular formula is C21H21N3O.